The van der Waals surface area contributed by atoms with Crippen LogP contribution in [0.4, 0.5) is 0 Å². The highest BCUT2D eigenvalue weighted by molar-refractivity contribution is 7.98. The van der Waals surface area contributed by atoms with Gasteiger partial charge in [0.15, 0.2) is 0 Å². The molecule has 0 saturated carbocycles. The molecule has 20 heavy (non-hydrogen) atoms. The summed E-state index contributed by atoms with van der Waals surface area (Å²) in [6.45, 7) is 0.969. The Balaban J connectivity index is 2.29. The predicted molar refractivity (Wildman–Crippen MR) is 80.8 cm³/mol. The number of carbonyl (C=O) groups is 1. The maximum Gasteiger partial charge on any atom is 0.212 e. The first kappa shape index (κ1) is 15.1. The maximum atomic E-state index is 12.5. The molecule has 0 N–H and O–H groups in total. The van der Waals surface area contributed by atoms with E-state index in [-0.39, 0.29) is 5.78 Å². The molecule has 2 aromatic rings. The molecule has 2 rings (SSSR count). The van der Waals surface area contributed by atoms with E-state index in [4.69, 9.17) is 16.3 Å². The number of halogens is 1. The minimum absolute atomic E-state index is 0.128. The molecular formula is C14H15ClN2O2S. The Bertz CT molecular complexity index is 596. The quantitative estimate of drug-likeness (QED) is 0.607. The number of carbonyl (C=O) groups excluding carboxylic acids is 1. The standard InChI is InChI=1S/C14H15ClN2O2S/c1-19-8-7-17-13(12(15)9-16-17)14(18)10-3-5-11(20-2)6-4-10/h3-6,9H,7-8H2,1-2H3. The van der Waals surface area contributed by atoms with Crippen LogP contribution in [0.25, 0.3) is 0 Å². The Morgan fingerprint density at radius 3 is 2.70 bits per heavy atom. The maximum absolute atomic E-state index is 12.5. The Hall–Kier alpha value is -1.30. The lowest BCUT2D eigenvalue weighted by atomic mass is 10.1. The lowest BCUT2D eigenvalue weighted by Gasteiger charge is -2.07. The second kappa shape index (κ2) is 6.92. The number of aromatic nitrogens is 2. The molecule has 106 valence electrons. The van der Waals surface area contributed by atoms with Gasteiger partial charge in [0, 0.05) is 17.6 Å². The fourth-order valence-electron chi connectivity index (χ4n) is 1.81. The first-order valence-electron chi connectivity index (χ1n) is 6.06. The molecule has 0 radical (unpaired) electrons. The second-order valence-corrected chi connectivity index (χ2v) is 5.40. The summed E-state index contributed by atoms with van der Waals surface area (Å²) in [5.74, 6) is -0.128. The van der Waals surface area contributed by atoms with Crippen LogP contribution in [0.3, 0.4) is 0 Å². The Labute approximate surface area is 127 Å². The molecule has 0 spiro atoms. The molecular weight excluding hydrogens is 296 g/mol. The van der Waals surface area contributed by atoms with Crippen LogP contribution in [0.2, 0.25) is 5.02 Å². The summed E-state index contributed by atoms with van der Waals surface area (Å²) in [7, 11) is 1.60. The first-order chi connectivity index (χ1) is 9.67. The number of rotatable bonds is 6. The number of thioether (sulfide) groups is 1. The van der Waals surface area contributed by atoms with Crippen molar-refractivity contribution in [2.24, 2.45) is 0 Å². The van der Waals surface area contributed by atoms with E-state index in [0.717, 1.165) is 4.90 Å². The van der Waals surface area contributed by atoms with Crippen LogP contribution in [-0.4, -0.2) is 35.5 Å². The molecule has 0 aliphatic carbocycles. The smallest absolute Gasteiger partial charge is 0.212 e. The van der Waals surface area contributed by atoms with E-state index in [2.05, 4.69) is 5.10 Å². The van der Waals surface area contributed by atoms with Crippen LogP contribution in [0.1, 0.15) is 16.1 Å². The SMILES string of the molecule is COCCn1ncc(Cl)c1C(=O)c1ccc(SC)cc1. The minimum Gasteiger partial charge on any atom is -0.383 e. The van der Waals surface area contributed by atoms with E-state index < -0.39 is 0 Å². The molecule has 6 heteroatoms. The van der Waals surface area contributed by atoms with E-state index in [1.807, 2.05) is 18.4 Å². The highest BCUT2D eigenvalue weighted by Crippen LogP contribution is 2.21. The highest BCUT2D eigenvalue weighted by atomic mass is 35.5. The van der Waals surface area contributed by atoms with Crippen molar-refractivity contribution in [3.63, 3.8) is 0 Å². The zero-order valence-corrected chi connectivity index (χ0v) is 12.9. The fourth-order valence-corrected chi connectivity index (χ4v) is 2.45. The third-order valence-electron chi connectivity index (χ3n) is 2.87. The third kappa shape index (κ3) is 3.23. The third-order valence-corrected chi connectivity index (χ3v) is 3.89. The number of nitrogens with zero attached hydrogens (tertiary/aromatic N) is 2. The van der Waals surface area contributed by atoms with Crippen molar-refractivity contribution < 1.29 is 9.53 Å². The van der Waals surface area contributed by atoms with Gasteiger partial charge in [-0.25, -0.2) is 0 Å². The van der Waals surface area contributed by atoms with Crippen molar-refractivity contribution in [2.75, 3.05) is 20.0 Å². The summed E-state index contributed by atoms with van der Waals surface area (Å²) >= 11 is 7.71. The number of methoxy groups -OCH3 is 1. The van der Waals surface area contributed by atoms with Crippen LogP contribution < -0.4 is 0 Å². The van der Waals surface area contributed by atoms with Gasteiger partial charge in [0.05, 0.1) is 24.4 Å². The molecule has 1 heterocycles. The first-order valence-corrected chi connectivity index (χ1v) is 7.66. The molecule has 0 atom stereocenters. The molecule has 0 fully saturated rings. The number of benzene rings is 1. The van der Waals surface area contributed by atoms with Gasteiger partial charge in [-0.3, -0.25) is 9.48 Å². The molecule has 4 nitrogen and oxygen atoms in total. The van der Waals surface area contributed by atoms with Crippen molar-refractivity contribution >= 4 is 29.1 Å². The van der Waals surface area contributed by atoms with Crippen molar-refractivity contribution in [3.8, 4) is 0 Å². The largest absolute Gasteiger partial charge is 0.383 e. The van der Waals surface area contributed by atoms with Crippen molar-refractivity contribution in [1.29, 1.82) is 0 Å². The monoisotopic (exact) mass is 310 g/mol. The lowest BCUT2D eigenvalue weighted by molar-refractivity contribution is 0.102. The molecule has 1 aromatic carbocycles. The van der Waals surface area contributed by atoms with Gasteiger partial charge in [0.25, 0.3) is 0 Å². The van der Waals surface area contributed by atoms with Crippen LogP contribution in [0.15, 0.2) is 35.4 Å². The van der Waals surface area contributed by atoms with E-state index in [1.54, 1.807) is 35.7 Å². The molecule has 0 saturated heterocycles. The predicted octanol–water partition coefficient (Wildman–Crippen LogP) is 3.14. The van der Waals surface area contributed by atoms with E-state index >= 15 is 0 Å². The number of hydrogen-bond donors (Lipinski definition) is 0. The zero-order valence-electron chi connectivity index (χ0n) is 11.3. The van der Waals surface area contributed by atoms with Crippen LogP contribution >= 0.6 is 23.4 Å². The molecule has 0 aliphatic heterocycles. The molecule has 0 unspecified atom stereocenters. The summed E-state index contributed by atoms with van der Waals surface area (Å²) in [6, 6.07) is 7.44. The average molecular weight is 311 g/mol. The van der Waals surface area contributed by atoms with Gasteiger partial charge < -0.3 is 4.74 Å². The van der Waals surface area contributed by atoms with Gasteiger partial charge in [-0.15, -0.1) is 11.8 Å². The van der Waals surface area contributed by atoms with Crippen LogP contribution in [0.5, 0.6) is 0 Å². The number of ether oxygens (including phenoxy) is 1. The van der Waals surface area contributed by atoms with Crippen LogP contribution in [-0.2, 0) is 11.3 Å². The summed E-state index contributed by atoms with van der Waals surface area (Å²) in [4.78, 5) is 13.6. The summed E-state index contributed by atoms with van der Waals surface area (Å²) in [6.07, 6.45) is 3.48. The normalized spacial score (nSPS) is 10.8. The fraction of sp³-hybridized carbons (Fsp3) is 0.286. The van der Waals surface area contributed by atoms with E-state index in [9.17, 15) is 4.79 Å². The molecule has 0 amide bonds. The van der Waals surface area contributed by atoms with Crippen LogP contribution in [0, 0.1) is 0 Å². The van der Waals surface area contributed by atoms with Crippen molar-refractivity contribution in [3.05, 3.63) is 46.7 Å². The summed E-state index contributed by atoms with van der Waals surface area (Å²) in [5.41, 5.74) is 1.00. The van der Waals surface area contributed by atoms with Gasteiger partial charge in [-0.1, -0.05) is 11.6 Å². The van der Waals surface area contributed by atoms with Crippen molar-refractivity contribution in [1.82, 2.24) is 9.78 Å². The molecule has 0 bridgehead atoms. The van der Waals surface area contributed by atoms with Crippen molar-refractivity contribution in [2.45, 2.75) is 11.4 Å². The van der Waals surface area contributed by atoms with Gasteiger partial charge >= 0.3 is 0 Å². The zero-order chi connectivity index (χ0) is 14.5. The van der Waals surface area contributed by atoms with E-state index in [0.29, 0.717) is 29.4 Å². The topological polar surface area (TPSA) is 44.1 Å². The average Bonchev–Trinajstić information content (AvgIpc) is 2.85. The van der Waals surface area contributed by atoms with Gasteiger partial charge in [-0.2, -0.15) is 5.10 Å². The number of ketones is 1. The molecule has 0 aliphatic rings. The van der Waals surface area contributed by atoms with Gasteiger partial charge in [-0.05, 0) is 30.5 Å². The lowest BCUT2D eigenvalue weighted by Crippen LogP contribution is -2.14. The minimum atomic E-state index is -0.128. The Kier molecular flexibility index (Phi) is 5.23. The summed E-state index contributed by atoms with van der Waals surface area (Å²) in [5, 5.41) is 4.47. The Morgan fingerprint density at radius 2 is 2.10 bits per heavy atom. The van der Waals surface area contributed by atoms with Gasteiger partial charge in [0.2, 0.25) is 5.78 Å². The Morgan fingerprint density at radius 1 is 1.40 bits per heavy atom. The molecule has 1 aromatic heterocycles. The van der Waals surface area contributed by atoms with E-state index in [1.165, 1.54) is 6.20 Å². The highest BCUT2D eigenvalue weighted by Gasteiger charge is 2.19. The number of hydrogen-bond acceptors (Lipinski definition) is 4. The summed E-state index contributed by atoms with van der Waals surface area (Å²) < 4.78 is 6.59. The van der Waals surface area contributed by atoms with Gasteiger partial charge in [0.1, 0.15) is 5.69 Å². The second-order valence-electron chi connectivity index (χ2n) is 4.11.